The van der Waals surface area contributed by atoms with Crippen molar-refractivity contribution in [2.45, 2.75) is 25.3 Å². The molecule has 1 aromatic heterocycles. The minimum Gasteiger partial charge on any atom is -0.465 e. The maximum Gasteiger partial charge on any atom is 0.349 e. The summed E-state index contributed by atoms with van der Waals surface area (Å²) in [5.41, 5.74) is 0. The minimum absolute atomic E-state index is 0.00969. The van der Waals surface area contributed by atoms with E-state index >= 15 is 0 Å². The monoisotopic (exact) mass is 281 g/mol. The van der Waals surface area contributed by atoms with E-state index < -0.39 is 5.97 Å². The van der Waals surface area contributed by atoms with Crippen LogP contribution in [-0.4, -0.2) is 48.1 Å². The standard InChI is InChI=1S/C12H15N3O3S/c1-18-10(16)9-6-13-11(19-9)15-7-8-4-2-3-5-14(8)12(15)17/h6,8H,2-5,7H2,1H3/t8-/m0/s1. The molecular weight excluding hydrogens is 266 g/mol. The Morgan fingerprint density at radius 1 is 1.53 bits per heavy atom. The van der Waals surface area contributed by atoms with E-state index in [0.29, 0.717) is 22.6 Å². The Morgan fingerprint density at radius 2 is 2.37 bits per heavy atom. The summed E-state index contributed by atoms with van der Waals surface area (Å²) in [6, 6.07) is 0.308. The Balaban J connectivity index is 1.81. The smallest absolute Gasteiger partial charge is 0.349 e. The molecule has 0 saturated carbocycles. The minimum atomic E-state index is -0.409. The third kappa shape index (κ3) is 2.07. The van der Waals surface area contributed by atoms with Gasteiger partial charge in [-0.05, 0) is 19.3 Å². The lowest BCUT2D eigenvalue weighted by Crippen LogP contribution is -2.38. The fourth-order valence-electron chi connectivity index (χ4n) is 2.63. The van der Waals surface area contributed by atoms with Crippen molar-refractivity contribution in [3.05, 3.63) is 11.1 Å². The fraction of sp³-hybridized carbons (Fsp3) is 0.583. The molecule has 2 fully saturated rings. The largest absolute Gasteiger partial charge is 0.465 e. The molecule has 2 saturated heterocycles. The molecule has 3 heterocycles. The molecule has 3 rings (SSSR count). The second kappa shape index (κ2) is 4.80. The first-order valence-corrected chi connectivity index (χ1v) is 7.14. The highest BCUT2D eigenvalue weighted by molar-refractivity contribution is 7.17. The molecule has 0 aromatic carbocycles. The zero-order chi connectivity index (χ0) is 13.4. The maximum absolute atomic E-state index is 12.3. The number of carbonyl (C=O) groups is 2. The predicted molar refractivity (Wildman–Crippen MR) is 70.5 cm³/mol. The summed E-state index contributed by atoms with van der Waals surface area (Å²) in [6.45, 7) is 1.50. The molecule has 0 unspecified atom stereocenters. The molecule has 0 radical (unpaired) electrons. The molecule has 0 spiro atoms. The Bertz CT molecular complexity index is 516. The Labute approximate surface area is 115 Å². The molecule has 19 heavy (non-hydrogen) atoms. The Hall–Kier alpha value is -1.63. The van der Waals surface area contributed by atoms with Crippen LogP contribution in [0.25, 0.3) is 0 Å². The number of esters is 1. The summed E-state index contributed by atoms with van der Waals surface area (Å²) >= 11 is 1.20. The quantitative estimate of drug-likeness (QED) is 0.774. The number of anilines is 1. The van der Waals surface area contributed by atoms with Crippen LogP contribution in [0.15, 0.2) is 6.20 Å². The van der Waals surface area contributed by atoms with E-state index in [0.717, 1.165) is 19.4 Å². The molecule has 102 valence electrons. The van der Waals surface area contributed by atoms with E-state index in [-0.39, 0.29) is 6.03 Å². The van der Waals surface area contributed by atoms with E-state index in [1.807, 2.05) is 4.90 Å². The van der Waals surface area contributed by atoms with Gasteiger partial charge in [-0.1, -0.05) is 11.3 Å². The van der Waals surface area contributed by atoms with Crippen LogP contribution in [0.2, 0.25) is 0 Å². The number of rotatable bonds is 2. The third-order valence-electron chi connectivity index (χ3n) is 3.61. The van der Waals surface area contributed by atoms with Gasteiger partial charge in [0.2, 0.25) is 0 Å². The first-order chi connectivity index (χ1) is 9.20. The van der Waals surface area contributed by atoms with E-state index in [2.05, 4.69) is 9.72 Å². The number of aromatic nitrogens is 1. The highest BCUT2D eigenvalue weighted by atomic mass is 32.1. The van der Waals surface area contributed by atoms with Gasteiger partial charge in [0, 0.05) is 6.54 Å². The zero-order valence-corrected chi connectivity index (χ0v) is 11.5. The van der Waals surface area contributed by atoms with Crippen LogP contribution < -0.4 is 4.90 Å². The van der Waals surface area contributed by atoms with Gasteiger partial charge in [-0.3, -0.25) is 4.90 Å². The van der Waals surface area contributed by atoms with Crippen molar-refractivity contribution in [1.29, 1.82) is 0 Å². The van der Waals surface area contributed by atoms with E-state index in [9.17, 15) is 9.59 Å². The van der Waals surface area contributed by atoms with Crippen LogP contribution in [0.5, 0.6) is 0 Å². The molecule has 2 aliphatic rings. The van der Waals surface area contributed by atoms with Crippen molar-refractivity contribution in [1.82, 2.24) is 9.88 Å². The van der Waals surface area contributed by atoms with Gasteiger partial charge < -0.3 is 9.64 Å². The van der Waals surface area contributed by atoms with Crippen molar-refractivity contribution < 1.29 is 14.3 Å². The molecule has 2 amide bonds. The van der Waals surface area contributed by atoms with Crippen LogP contribution >= 0.6 is 11.3 Å². The normalized spacial score (nSPS) is 22.6. The van der Waals surface area contributed by atoms with Crippen LogP contribution in [0.4, 0.5) is 9.93 Å². The van der Waals surface area contributed by atoms with Crippen molar-refractivity contribution in [3.63, 3.8) is 0 Å². The summed E-state index contributed by atoms with van der Waals surface area (Å²) in [4.78, 5) is 31.9. The SMILES string of the molecule is COC(=O)c1cnc(N2C[C@@H]3CCCCN3C2=O)s1. The molecule has 0 aliphatic carbocycles. The molecule has 1 atom stereocenters. The van der Waals surface area contributed by atoms with Gasteiger partial charge >= 0.3 is 12.0 Å². The number of methoxy groups -OCH3 is 1. The average molecular weight is 281 g/mol. The molecular formula is C12H15N3O3S. The van der Waals surface area contributed by atoms with Gasteiger partial charge in [-0.25, -0.2) is 14.6 Å². The number of hydrogen-bond acceptors (Lipinski definition) is 5. The van der Waals surface area contributed by atoms with Crippen LogP contribution in [0.1, 0.15) is 28.9 Å². The molecule has 7 heteroatoms. The van der Waals surface area contributed by atoms with Gasteiger partial charge in [-0.2, -0.15) is 0 Å². The lowest BCUT2D eigenvalue weighted by Gasteiger charge is -2.27. The highest BCUT2D eigenvalue weighted by Gasteiger charge is 2.40. The number of hydrogen-bond donors (Lipinski definition) is 0. The second-order valence-electron chi connectivity index (χ2n) is 4.73. The second-order valence-corrected chi connectivity index (χ2v) is 5.74. The van der Waals surface area contributed by atoms with Crippen molar-refractivity contribution >= 4 is 28.5 Å². The topological polar surface area (TPSA) is 62.7 Å². The van der Waals surface area contributed by atoms with E-state index in [1.54, 1.807) is 4.90 Å². The van der Waals surface area contributed by atoms with Crippen LogP contribution in [-0.2, 0) is 4.74 Å². The summed E-state index contributed by atoms with van der Waals surface area (Å²) in [7, 11) is 1.34. The molecule has 0 N–H and O–H groups in total. The van der Waals surface area contributed by atoms with Crippen LogP contribution in [0, 0.1) is 0 Å². The Morgan fingerprint density at radius 3 is 3.11 bits per heavy atom. The molecule has 6 nitrogen and oxygen atoms in total. The van der Waals surface area contributed by atoms with Gasteiger partial charge in [0.1, 0.15) is 4.88 Å². The highest BCUT2D eigenvalue weighted by Crippen LogP contribution is 2.31. The number of thiazole rings is 1. The van der Waals surface area contributed by atoms with Gasteiger partial charge in [0.15, 0.2) is 5.13 Å². The summed E-state index contributed by atoms with van der Waals surface area (Å²) < 4.78 is 4.65. The van der Waals surface area contributed by atoms with Crippen LogP contribution in [0.3, 0.4) is 0 Å². The Kier molecular flexibility index (Phi) is 3.14. The maximum atomic E-state index is 12.3. The van der Waals surface area contributed by atoms with Crippen molar-refractivity contribution in [3.8, 4) is 0 Å². The fourth-order valence-corrected chi connectivity index (χ4v) is 3.47. The summed E-state index contributed by atoms with van der Waals surface area (Å²) in [5.74, 6) is -0.409. The van der Waals surface area contributed by atoms with Crippen molar-refractivity contribution in [2.24, 2.45) is 0 Å². The van der Waals surface area contributed by atoms with E-state index in [4.69, 9.17) is 0 Å². The van der Waals surface area contributed by atoms with Crippen molar-refractivity contribution in [2.75, 3.05) is 25.1 Å². The summed E-state index contributed by atoms with van der Waals surface area (Å²) in [5, 5.41) is 0.583. The van der Waals surface area contributed by atoms with Gasteiger partial charge in [0.05, 0.1) is 25.9 Å². The number of piperidine rings is 1. The molecule has 1 aromatic rings. The number of carbonyl (C=O) groups excluding carboxylic acids is 2. The molecule has 0 bridgehead atoms. The zero-order valence-electron chi connectivity index (χ0n) is 10.7. The van der Waals surface area contributed by atoms with Gasteiger partial charge in [-0.15, -0.1) is 0 Å². The molecule has 2 aliphatic heterocycles. The van der Waals surface area contributed by atoms with E-state index in [1.165, 1.54) is 31.1 Å². The summed E-state index contributed by atoms with van der Waals surface area (Å²) in [6.07, 6.45) is 4.77. The first kappa shape index (κ1) is 12.4. The number of nitrogens with zero attached hydrogens (tertiary/aromatic N) is 3. The number of amides is 2. The number of fused-ring (bicyclic) bond motifs is 1. The first-order valence-electron chi connectivity index (χ1n) is 6.33. The lowest BCUT2D eigenvalue weighted by atomic mass is 10.0. The lowest BCUT2D eigenvalue weighted by molar-refractivity contribution is 0.0606. The third-order valence-corrected chi connectivity index (χ3v) is 4.61. The van der Waals surface area contributed by atoms with Gasteiger partial charge in [0.25, 0.3) is 0 Å². The number of ether oxygens (including phenoxy) is 1. The average Bonchev–Trinajstić information content (AvgIpc) is 3.04. The predicted octanol–water partition coefficient (Wildman–Crippen LogP) is 1.72. The number of urea groups is 1.